The van der Waals surface area contributed by atoms with Crippen LogP contribution >= 0.6 is 7.88 Å². The van der Waals surface area contributed by atoms with E-state index >= 15 is 0 Å². The second kappa shape index (κ2) is 7.25. The molecular weight excluding hydrogens is 371 g/mol. The standard InChI is InChI=1S/C19H26O7P/c1-18(2)22-11-13(23-18)14-15-16(25-19(3,4)24-15)17(27(20)26-14)21-10-12-8-6-5-7-9-12/h5-9,13-17H,10-11H2,1-4H3/q+1. The summed E-state index contributed by atoms with van der Waals surface area (Å²) in [6, 6.07) is 9.73. The Labute approximate surface area is 159 Å². The van der Waals surface area contributed by atoms with Crippen molar-refractivity contribution in [2.45, 2.75) is 76.1 Å². The van der Waals surface area contributed by atoms with E-state index in [2.05, 4.69) is 0 Å². The Morgan fingerprint density at radius 1 is 1.00 bits per heavy atom. The molecule has 27 heavy (non-hydrogen) atoms. The maximum absolute atomic E-state index is 12.9. The summed E-state index contributed by atoms with van der Waals surface area (Å²) in [6.07, 6.45) is -1.87. The minimum absolute atomic E-state index is 0.323. The van der Waals surface area contributed by atoms with Gasteiger partial charge in [-0.2, -0.15) is 0 Å². The van der Waals surface area contributed by atoms with Gasteiger partial charge in [-0.25, -0.2) is 0 Å². The minimum atomic E-state index is -2.12. The van der Waals surface area contributed by atoms with Crippen LogP contribution in [0.4, 0.5) is 0 Å². The van der Waals surface area contributed by atoms with Gasteiger partial charge in [0, 0.05) is 0 Å². The van der Waals surface area contributed by atoms with E-state index in [1.54, 1.807) is 0 Å². The van der Waals surface area contributed by atoms with E-state index in [1.165, 1.54) is 0 Å². The van der Waals surface area contributed by atoms with Gasteiger partial charge in [0.05, 0.1) is 0 Å². The SMILES string of the molecule is CC1(C)OCC(C2OP(#[O+])C(OCc3ccccc3)C3OC(C)(C)OC23)O1. The average Bonchev–Trinajstić information content (AvgIpc) is 3.12. The van der Waals surface area contributed by atoms with Crippen LogP contribution in [0.1, 0.15) is 33.3 Å². The Kier molecular flexibility index (Phi) is 5.25. The van der Waals surface area contributed by atoms with E-state index < -0.39 is 43.6 Å². The average molecular weight is 397 g/mol. The summed E-state index contributed by atoms with van der Waals surface area (Å²) in [4.78, 5) is 0. The van der Waals surface area contributed by atoms with Crippen molar-refractivity contribution in [3.63, 3.8) is 0 Å². The quantitative estimate of drug-likeness (QED) is 0.573. The molecule has 6 atom stereocenters. The first-order chi connectivity index (χ1) is 12.7. The molecule has 0 saturated carbocycles. The third kappa shape index (κ3) is 4.16. The van der Waals surface area contributed by atoms with Gasteiger partial charge >= 0.3 is 159 Å². The molecule has 0 aromatic heterocycles. The molecule has 0 radical (unpaired) electrons. The van der Waals surface area contributed by atoms with Crippen LogP contribution in [0.25, 0.3) is 0 Å². The third-order valence-electron chi connectivity index (χ3n) is 4.86. The molecule has 3 heterocycles. The molecule has 3 fully saturated rings. The van der Waals surface area contributed by atoms with Crippen LogP contribution in [0.3, 0.4) is 0 Å². The van der Waals surface area contributed by atoms with Gasteiger partial charge in [-0.3, -0.25) is 0 Å². The molecule has 4 rings (SSSR count). The van der Waals surface area contributed by atoms with Crippen molar-refractivity contribution in [1.29, 1.82) is 0 Å². The fourth-order valence-corrected chi connectivity index (χ4v) is 5.00. The summed E-state index contributed by atoms with van der Waals surface area (Å²) >= 11 is 0. The molecular formula is C19H26O7P+. The van der Waals surface area contributed by atoms with Crippen LogP contribution in [0.2, 0.25) is 0 Å². The molecule has 1 aromatic carbocycles. The second-order valence-electron chi connectivity index (χ2n) is 7.97. The molecule has 3 saturated heterocycles. The molecule has 3 aliphatic heterocycles. The summed E-state index contributed by atoms with van der Waals surface area (Å²) in [5.74, 6) is -2.23. The Morgan fingerprint density at radius 2 is 1.70 bits per heavy atom. The van der Waals surface area contributed by atoms with Crippen LogP contribution in [0.5, 0.6) is 0 Å². The molecule has 0 aliphatic carbocycles. The molecule has 0 amide bonds. The summed E-state index contributed by atoms with van der Waals surface area (Å²) < 4.78 is 48.4. The van der Waals surface area contributed by atoms with E-state index in [0.29, 0.717) is 13.2 Å². The number of hydrogen-bond donors (Lipinski definition) is 0. The van der Waals surface area contributed by atoms with Crippen molar-refractivity contribution < 1.29 is 32.6 Å². The fraction of sp³-hybridized carbons (Fsp3) is 0.684. The zero-order valence-corrected chi connectivity index (χ0v) is 16.9. The number of hydrogen-bond acceptors (Lipinski definition) is 6. The molecule has 8 heteroatoms. The van der Waals surface area contributed by atoms with Crippen LogP contribution in [-0.4, -0.2) is 48.4 Å². The first-order valence-electron chi connectivity index (χ1n) is 9.20. The summed E-state index contributed by atoms with van der Waals surface area (Å²) in [7, 11) is -2.12. The normalized spacial score (nSPS) is 38.6. The van der Waals surface area contributed by atoms with Gasteiger partial charge in [0.1, 0.15) is 0 Å². The van der Waals surface area contributed by atoms with Crippen molar-refractivity contribution in [3.05, 3.63) is 35.9 Å². The summed E-state index contributed by atoms with van der Waals surface area (Å²) in [5.41, 5.74) is 0.993. The number of benzene rings is 1. The molecule has 0 spiro atoms. The van der Waals surface area contributed by atoms with Gasteiger partial charge in [0.15, 0.2) is 0 Å². The van der Waals surface area contributed by atoms with Gasteiger partial charge in [0.2, 0.25) is 0 Å². The first-order valence-corrected chi connectivity index (χ1v) is 10.4. The number of rotatable bonds is 4. The maximum atomic E-state index is 12.9. The zero-order valence-electron chi connectivity index (χ0n) is 16.0. The van der Waals surface area contributed by atoms with E-state index in [1.807, 2.05) is 58.0 Å². The summed E-state index contributed by atoms with van der Waals surface area (Å²) in [6.45, 7) is 8.02. The molecule has 6 unspecified atom stereocenters. The topological polar surface area (TPSA) is 75.3 Å². The monoisotopic (exact) mass is 397 g/mol. The van der Waals surface area contributed by atoms with Gasteiger partial charge < -0.3 is 0 Å². The predicted octanol–water partition coefficient (Wildman–Crippen LogP) is 3.34. The van der Waals surface area contributed by atoms with Crippen LogP contribution in [-0.2, 0) is 39.2 Å². The van der Waals surface area contributed by atoms with Gasteiger partial charge in [-0.05, 0) is 0 Å². The third-order valence-corrected chi connectivity index (χ3v) is 6.17. The Hall–Kier alpha value is -0.760. The first kappa shape index (κ1) is 19.6. The van der Waals surface area contributed by atoms with Crippen LogP contribution in [0.15, 0.2) is 30.3 Å². The van der Waals surface area contributed by atoms with Gasteiger partial charge in [0.25, 0.3) is 0 Å². The van der Waals surface area contributed by atoms with E-state index in [4.69, 9.17) is 28.2 Å². The number of ether oxygens (including phenoxy) is 5. The van der Waals surface area contributed by atoms with Crippen molar-refractivity contribution >= 4 is 7.88 Å². The van der Waals surface area contributed by atoms with E-state index in [-0.39, 0.29) is 6.10 Å². The van der Waals surface area contributed by atoms with Crippen molar-refractivity contribution in [2.24, 2.45) is 0 Å². The van der Waals surface area contributed by atoms with Crippen LogP contribution in [0, 0.1) is 0 Å². The van der Waals surface area contributed by atoms with E-state index in [9.17, 15) is 4.41 Å². The number of fused-ring (bicyclic) bond motifs is 1. The van der Waals surface area contributed by atoms with Crippen molar-refractivity contribution in [1.82, 2.24) is 0 Å². The Morgan fingerprint density at radius 3 is 2.37 bits per heavy atom. The van der Waals surface area contributed by atoms with E-state index in [0.717, 1.165) is 5.56 Å². The van der Waals surface area contributed by atoms with Gasteiger partial charge in [-0.1, -0.05) is 0 Å². The van der Waals surface area contributed by atoms with Crippen molar-refractivity contribution in [2.75, 3.05) is 6.61 Å². The van der Waals surface area contributed by atoms with Crippen molar-refractivity contribution in [3.8, 4) is 0 Å². The van der Waals surface area contributed by atoms with Crippen LogP contribution < -0.4 is 0 Å². The Balaban J connectivity index is 1.52. The van der Waals surface area contributed by atoms with Gasteiger partial charge in [-0.15, -0.1) is 0 Å². The predicted molar refractivity (Wildman–Crippen MR) is 96.2 cm³/mol. The molecule has 0 bridgehead atoms. The fourth-order valence-electron chi connectivity index (χ4n) is 3.72. The summed E-state index contributed by atoms with van der Waals surface area (Å²) in [5, 5.41) is 0. The zero-order chi connectivity index (χ0) is 19.2. The molecule has 3 aliphatic rings. The molecule has 7 nitrogen and oxygen atoms in total. The molecule has 148 valence electrons. The second-order valence-corrected chi connectivity index (χ2v) is 9.26. The molecule has 1 aromatic rings. The Bertz CT molecular complexity index is 741. The molecule has 0 N–H and O–H groups in total.